The normalized spacial score (nSPS) is 21.5. The Kier molecular flexibility index (Phi) is 18.0. The Bertz CT molecular complexity index is 3300. The van der Waals surface area contributed by atoms with Gasteiger partial charge in [0, 0.05) is 79.3 Å². The average Bonchev–Trinajstić information content (AvgIpc) is 4.34. The first-order valence-electron chi connectivity index (χ1n) is 27.3. The molecule has 25 heteroatoms. The van der Waals surface area contributed by atoms with Gasteiger partial charge in [-0.1, -0.05) is 54.3 Å². The number of rotatable bonds is 17. The van der Waals surface area contributed by atoms with Crippen molar-refractivity contribution in [1.29, 1.82) is 0 Å². The Morgan fingerprint density at radius 1 is 0.902 bits per heavy atom. The molecule has 6 atom stereocenters. The lowest BCUT2D eigenvalue weighted by Crippen LogP contribution is -2.61. The van der Waals surface area contributed by atoms with Gasteiger partial charge in [0.15, 0.2) is 0 Å². The van der Waals surface area contributed by atoms with Crippen LogP contribution in [0, 0.1) is 17.8 Å². The van der Waals surface area contributed by atoms with Gasteiger partial charge in [-0.3, -0.25) is 53.0 Å². The molecule has 9 rings (SSSR count). The number of alkyl halides is 2. The van der Waals surface area contributed by atoms with Gasteiger partial charge in [-0.05, 0) is 118 Å². The highest BCUT2D eigenvalue weighted by molar-refractivity contribution is 7.52. The van der Waals surface area contributed by atoms with Gasteiger partial charge in [-0.25, -0.2) is 0 Å². The molecule has 3 unspecified atom stereocenters. The van der Waals surface area contributed by atoms with Crippen molar-refractivity contribution >= 4 is 82.2 Å². The second-order valence-electron chi connectivity index (χ2n) is 21.7. The molecular formula is C57H64F2N9O12PS. The van der Waals surface area contributed by atoms with Crippen LogP contribution in [0.5, 0.6) is 0 Å². The highest BCUT2D eigenvalue weighted by Gasteiger charge is 2.51. The van der Waals surface area contributed by atoms with Crippen molar-refractivity contribution in [3.8, 4) is 11.8 Å². The summed E-state index contributed by atoms with van der Waals surface area (Å²) in [6, 6.07) is 12.8. The van der Waals surface area contributed by atoms with Crippen molar-refractivity contribution < 1.29 is 66.3 Å². The molecule has 6 heterocycles. The zero-order valence-electron chi connectivity index (χ0n) is 44.9. The second kappa shape index (κ2) is 25.0. The van der Waals surface area contributed by atoms with Crippen LogP contribution in [0.1, 0.15) is 113 Å². The Morgan fingerprint density at radius 3 is 2.38 bits per heavy atom. The van der Waals surface area contributed by atoms with Gasteiger partial charge in [0.1, 0.15) is 30.2 Å². The van der Waals surface area contributed by atoms with Gasteiger partial charge >= 0.3 is 13.3 Å². The van der Waals surface area contributed by atoms with Gasteiger partial charge in [-0.15, -0.1) is 11.3 Å². The smallest absolute Gasteiger partial charge is 0.370 e. The average molecular weight is 1170 g/mol. The highest BCUT2D eigenvalue weighted by atomic mass is 32.1. The third-order valence-corrected chi connectivity index (χ3v) is 18.2. The van der Waals surface area contributed by atoms with Crippen LogP contribution < -0.4 is 27.0 Å². The minimum Gasteiger partial charge on any atom is -0.370 e. The number of fused-ring (bicyclic) bond motifs is 3. The van der Waals surface area contributed by atoms with Crippen molar-refractivity contribution in [1.82, 2.24) is 40.9 Å². The van der Waals surface area contributed by atoms with E-state index in [2.05, 4.69) is 33.1 Å². The van der Waals surface area contributed by atoms with Crippen molar-refractivity contribution in [2.45, 2.75) is 126 Å². The van der Waals surface area contributed by atoms with Crippen LogP contribution >= 0.6 is 18.9 Å². The van der Waals surface area contributed by atoms with Crippen LogP contribution in [0.4, 0.5) is 8.78 Å². The molecule has 434 valence electrons. The summed E-state index contributed by atoms with van der Waals surface area (Å²) in [5.74, 6) is 1.79. The molecule has 5 aliphatic heterocycles. The molecule has 0 bridgehead atoms. The number of carbonyl (C=O) groups excluding carboxylic acids is 9. The summed E-state index contributed by atoms with van der Waals surface area (Å²) in [6.45, 7) is 1.55. The number of imide groups is 1. The lowest BCUT2D eigenvalue weighted by atomic mass is 9.91. The molecule has 5 aliphatic rings. The van der Waals surface area contributed by atoms with Gasteiger partial charge in [-0.2, -0.15) is 8.78 Å². The number of carbonyl (C=O) groups is 9. The topological polar surface area (TPSA) is 298 Å². The number of likely N-dealkylation sites (tertiary alicyclic amines) is 1. The molecule has 0 aliphatic carbocycles. The summed E-state index contributed by atoms with van der Waals surface area (Å²) in [5.41, 5.74) is 2.83. The molecule has 3 aromatic carbocycles. The maximum Gasteiger partial charge on any atom is 0.399 e. The van der Waals surface area contributed by atoms with E-state index < -0.39 is 90.5 Å². The van der Waals surface area contributed by atoms with E-state index in [1.54, 1.807) is 24.1 Å². The predicted octanol–water partition coefficient (Wildman–Crippen LogP) is 3.23. The maximum absolute atomic E-state index is 14.6. The summed E-state index contributed by atoms with van der Waals surface area (Å²) in [6.07, 6.45) is 3.76. The SMILES string of the molecule is CN1CC[C@H]2CC[C@@H](C(=O)NC(CCC(N)=O)C(=O)NC(Cc3ccccc3)C(=O)N3CCC(CCC#Cc4cccc5c4CN(C4CCC(=O)NC4=O)C5=O)CC3)N2C(=O)[C@@H](NC(=O)c2cc3cc(C(F)(F)P(=O)(O)O)ccc3s2)C1. The Morgan fingerprint density at radius 2 is 1.66 bits per heavy atom. The lowest BCUT2D eigenvalue weighted by molar-refractivity contribution is -0.144. The quantitative estimate of drug-likeness (QED) is 0.0455. The Labute approximate surface area is 475 Å². The van der Waals surface area contributed by atoms with Crippen LogP contribution in [-0.4, -0.2) is 152 Å². The summed E-state index contributed by atoms with van der Waals surface area (Å²) in [4.78, 5) is 147. The molecule has 0 spiro atoms. The second-order valence-corrected chi connectivity index (χ2v) is 24.4. The van der Waals surface area contributed by atoms with Crippen molar-refractivity contribution in [2.75, 3.05) is 33.2 Å². The number of nitrogens with two attached hydrogens (primary N) is 1. The van der Waals surface area contributed by atoms with E-state index in [1.807, 2.05) is 41.3 Å². The zero-order valence-corrected chi connectivity index (χ0v) is 46.7. The number of primary amides is 1. The van der Waals surface area contributed by atoms with E-state index in [1.165, 1.54) is 21.9 Å². The Hall–Kier alpha value is -7.42. The van der Waals surface area contributed by atoms with Crippen LogP contribution in [0.25, 0.3) is 10.1 Å². The summed E-state index contributed by atoms with van der Waals surface area (Å²) < 4.78 is 41.1. The minimum absolute atomic E-state index is 0.0313. The molecule has 21 nitrogen and oxygen atoms in total. The van der Waals surface area contributed by atoms with Crippen LogP contribution in [0.15, 0.2) is 72.8 Å². The molecule has 1 aromatic heterocycles. The Balaban J connectivity index is 0.833. The van der Waals surface area contributed by atoms with Gasteiger partial charge in [0.2, 0.25) is 41.4 Å². The molecule has 0 saturated carbocycles. The number of piperidine rings is 2. The van der Waals surface area contributed by atoms with Gasteiger partial charge < -0.3 is 51.1 Å². The lowest BCUT2D eigenvalue weighted by Gasteiger charge is -2.38. The number of hydrogen-bond donors (Lipinski definition) is 7. The van der Waals surface area contributed by atoms with E-state index in [-0.39, 0.29) is 85.5 Å². The molecule has 4 aromatic rings. The number of hydrogen-bond acceptors (Lipinski definition) is 12. The monoisotopic (exact) mass is 1170 g/mol. The van der Waals surface area contributed by atoms with Crippen molar-refractivity contribution in [3.05, 3.63) is 105 Å². The number of nitrogens with zero attached hydrogens (tertiary/aromatic N) is 4. The van der Waals surface area contributed by atoms with Crippen LogP contribution in [0.3, 0.4) is 0 Å². The third kappa shape index (κ3) is 13.2. The first-order chi connectivity index (χ1) is 39.1. The molecule has 82 heavy (non-hydrogen) atoms. The fourth-order valence-corrected chi connectivity index (χ4v) is 13.0. The van der Waals surface area contributed by atoms with Gasteiger partial charge in [0.25, 0.3) is 11.8 Å². The van der Waals surface area contributed by atoms with E-state index in [0.717, 1.165) is 41.0 Å². The number of benzene rings is 3. The van der Waals surface area contributed by atoms with E-state index >= 15 is 0 Å². The number of likely N-dealkylation sites (N-methyl/N-ethyl adjacent to an activating group) is 1. The maximum atomic E-state index is 14.6. The van der Waals surface area contributed by atoms with E-state index in [4.69, 9.17) is 5.73 Å². The fourth-order valence-electron chi connectivity index (χ4n) is 11.6. The summed E-state index contributed by atoms with van der Waals surface area (Å²) in [5, 5.41) is 10.8. The number of thiophene rings is 1. The summed E-state index contributed by atoms with van der Waals surface area (Å²) in [7, 11) is -4.09. The van der Waals surface area contributed by atoms with Crippen molar-refractivity contribution in [3.63, 3.8) is 0 Å². The highest BCUT2D eigenvalue weighted by Crippen LogP contribution is 2.59. The first kappa shape index (κ1) is 59.2. The standard InChI is InChI=1S/C57H64F2N9O12PS/c1-65-25-24-38-15-17-45(68(38)56(77)43(32-65)63-53(74)47-30-36-29-37(14-19-46(36)82-47)57(58,59)81(78,79)80)52(73)61-41(16-20-48(60)69)50(71)62-42(28-34-9-3-2-4-10-34)55(76)66-26-22-33(23-27-66)8-5-6-11-35-12-7-13-39-40(35)31-67(54(39)75)44-18-21-49(70)64-51(44)72/h2-4,7,9-10,12-14,19,29-30,33,38,41-45H,5,8,15-18,20-28,31-32H2,1H3,(H2,60,69)(H,61,73)(H,62,71)(H,63,74)(H,64,70,72)(H2,78,79,80)/t38-,41?,42?,43+,44?,45+/m1/s1. The summed E-state index contributed by atoms with van der Waals surface area (Å²) >= 11 is 0.923. The van der Waals surface area contributed by atoms with Crippen LogP contribution in [0.2, 0.25) is 0 Å². The molecule has 8 N–H and O–H groups in total. The minimum atomic E-state index is -5.87. The van der Waals surface area contributed by atoms with Crippen molar-refractivity contribution in [2.24, 2.45) is 11.7 Å². The first-order valence-corrected chi connectivity index (χ1v) is 29.8. The molecule has 0 radical (unpaired) electrons. The molecule has 4 fully saturated rings. The molecule has 4 saturated heterocycles. The van der Waals surface area contributed by atoms with Crippen LogP contribution in [-0.2, 0) is 56.8 Å². The zero-order chi connectivity index (χ0) is 58.6. The molecular weight excluding hydrogens is 1100 g/mol. The van der Waals surface area contributed by atoms with E-state index in [9.17, 15) is 66.3 Å². The largest absolute Gasteiger partial charge is 0.399 e. The predicted molar refractivity (Wildman–Crippen MR) is 295 cm³/mol. The number of halogens is 2. The van der Waals surface area contributed by atoms with E-state index in [0.29, 0.717) is 67.6 Å². The third-order valence-electron chi connectivity index (χ3n) is 16.1. The number of nitrogens with one attached hydrogen (secondary N) is 4. The van der Waals surface area contributed by atoms with Gasteiger partial charge in [0.05, 0.1) is 4.88 Å². The fraction of sp³-hybridized carbons (Fsp3) is 0.456. The number of amides is 9. The molecule has 9 amide bonds.